The van der Waals surface area contributed by atoms with Crippen molar-refractivity contribution in [3.8, 4) is 0 Å². The van der Waals surface area contributed by atoms with Gasteiger partial charge in [0.2, 0.25) is 0 Å². The highest BCUT2D eigenvalue weighted by Crippen LogP contribution is 2.18. The molecule has 2 heteroatoms. The number of hydrogen-bond acceptors (Lipinski definition) is 1. The first-order chi connectivity index (χ1) is 6.74. The summed E-state index contributed by atoms with van der Waals surface area (Å²) in [4.78, 5) is 0. The van der Waals surface area contributed by atoms with Crippen molar-refractivity contribution in [2.24, 2.45) is 0 Å². The van der Waals surface area contributed by atoms with Gasteiger partial charge in [0.05, 0.1) is 5.38 Å². The van der Waals surface area contributed by atoms with E-state index < -0.39 is 0 Å². The van der Waals surface area contributed by atoms with E-state index in [0.717, 1.165) is 13.0 Å². The third-order valence-electron chi connectivity index (χ3n) is 2.42. The van der Waals surface area contributed by atoms with Gasteiger partial charge in [0, 0.05) is 12.6 Å². The minimum Gasteiger partial charge on any atom is -0.312 e. The minimum atomic E-state index is 0.0743. The first kappa shape index (κ1) is 11.5. The standard InChI is InChI=1S/C12H18ClN/c1-3-10(2)14-9-12(13)11-7-5-4-6-8-11/h4-8,10,12,14H,3,9H2,1-2H3. The lowest BCUT2D eigenvalue weighted by Gasteiger charge is -2.15. The second-order valence-electron chi connectivity index (χ2n) is 3.60. The average Bonchev–Trinajstić information content (AvgIpc) is 2.26. The van der Waals surface area contributed by atoms with Gasteiger partial charge in [0.25, 0.3) is 0 Å². The number of hydrogen-bond donors (Lipinski definition) is 1. The van der Waals surface area contributed by atoms with Gasteiger partial charge in [0.1, 0.15) is 0 Å². The lowest BCUT2D eigenvalue weighted by atomic mass is 10.1. The molecule has 0 heterocycles. The van der Waals surface area contributed by atoms with Gasteiger partial charge in [-0.05, 0) is 18.9 Å². The molecule has 2 atom stereocenters. The Bertz CT molecular complexity index is 248. The molecule has 0 spiro atoms. The highest BCUT2D eigenvalue weighted by atomic mass is 35.5. The molecule has 0 aliphatic carbocycles. The zero-order chi connectivity index (χ0) is 10.4. The van der Waals surface area contributed by atoms with Crippen LogP contribution in [0.4, 0.5) is 0 Å². The van der Waals surface area contributed by atoms with Crippen LogP contribution in [0.15, 0.2) is 30.3 Å². The Labute approximate surface area is 91.5 Å². The van der Waals surface area contributed by atoms with E-state index in [1.807, 2.05) is 18.2 Å². The molecule has 0 fully saturated rings. The van der Waals surface area contributed by atoms with Crippen LogP contribution in [0, 0.1) is 0 Å². The van der Waals surface area contributed by atoms with E-state index in [9.17, 15) is 0 Å². The fourth-order valence-corrected chi connectivity index (χ4v) is 1.46. The predicted molar refractivity (Wildman–Crippen MR) is 62.8 cm³/mol. The lowest BCUT2D eigenvalue weighted by Crippen LogP contribution is -2.28. The third kappa shape index (κ3) is 3.69. The van der Waals surface area contributed by atoms with Gasteiger partial charge in [-0.25, -0.2) is 0 Å². The van der Waals surface area contributed by atoms with Crippen LogP contribution < -0.4 is 5.32 Å². The summed E-state index contributed by atoms with van der Waals surface area (Å²) in [6.45, 7) is 5.18. The first-order valence-electron chi connectivity index (χ1n) is 5.16. The molecule has 14 heavy (non-hydrogen) atoms. The van der Waals surface area contributed by atoms with Gasteiger partial charge in [-0.1, -0.05) is 37.3 Å². The van der Waals surface area contributed by atoms with Crippen LogP contribution in [-0.4, -0.2) is 12.6 Å². The van der Waals surface area contributed by atoms with E-state index >= 15 is 0 Å². The van der Waals surface area contributed by atoms with Crippen molar-refractivity contribution in [2.75, 3.05) is 6.54 Å². The molecule has 0 saturated carbocycles. The second-order valence-corrected chi connectivity index (χ2v) is 4.12. The fraction of sp³-hybridized carbons (Fsp3) is 0.500. The quantitative estimate of drug-likeness (QED) is 0.737. The van der Waals surface area contributed by atoms with Crippen LogP contribution in [0.2, 0.25) is 0 Å². The normalized spacial score (nSPS) is 15.1. The summed E-state index contributed by atoms with van der Waals surface area (Å²) in [5.41, 5.74) is 1.19. The molecule has 0 saturated heterocycles. The molecule has 0 amide bonds. The molecule has 78 valence electrons. The van der Waals surface area contributed by atoms with E-state index in [2.05, 4.69) is 31.3 Å². The van der Waals surface area contributed by atoms with E-state index in [1.54, 1.807) is 0 Å². The molecule has 0 aliphatic heterocycles. The van der Waals surface area contributed by atoms with Gasteiger partial charge in [-0.2, -0.15) is 0 Å². The van der Waals surface area contributed by atoms with Gasteiger partial charge < -0.3 is 5.32 Å². The van der Waals surface area contributed by atoms with Crippen LogP contribution in [-0.2, 0) is 0 Å². The first-order valence-corrected chi connectivity index (χ1v) is 5.60. The van der Waals surface area contributed by atoms with Crippen molar-refractivity contribution in [1.82, 2.24) is 5.32 Å². The van der Waals surface area contributed by atoms with Gasteiger partial charge in [-0.3, -0.25) is 0 Å². The number of rotatable bonds is 5. The third-order valence-corrected chi connectivity index (χ3v) is 2.83. The van der Waals surface area contributed by atoms with Crippen molar-refractivity contribution in [3.63, 3.8) is 0 Å². The van der Waals surface area contributed by atoms with E-state index in [4.69, 9.17) is 11.6 Å². The minimum absolute atomic E-state index is 0.0743. The van der Waals surface area contributed by atoms with Crippen LogP contribution in [0.3, 0.4) is 0 Å². The van der Waals surface area contributed by atoms with Crippen molar-refractivity contribution in [1.29, 1.82) is 0 Å². The molecule has 1 rings (SSSR count). The van der Waals surface area contributed by atoms with E-state index in [-0.39, 0.29) is 5.38 Å². The maximum absolute atomic E-state index is 6.24. The molecule has 0 bridgehead atoms. The monoisotopic (exact) mass is 211 g/mol. The van der Waals surface area contributed by atoms with Crippen molar-refractivity contribution in [3.05, 3.63) is 35.9 Å². The Morgan fingerprint density at radius 1 is 1.29 bits per heavy atom. The summed E-state index contributed by atoms with van der Waals surface area (Å²) >= 11 is 6.24. The van der Waals surface area contributed by atoms with Crippen LogP contribution in [0.25, 0.3) is 0 Å². The fourth-order valence-electron chi connectivity index (χ4n) is 1.23. The van der Waals surface area contributed by atoms with Gasteiger partial charge in [0.15, 0.2) is 0 Å². The largest absolute Gasteiger partial charge is 0.312 e. The Balaban J connectivity index is 2.39. The Kier molecular flexibility index (Phi) is 4.99. The van der Waals surface area contributed by atoms with Crippen molar-refractivity contribution in [2.45, 2.75) is 31.7 Å². The molecule has 0 radical (unpaired) electrons. The summed E-state index contributed by atoms with van der Waals surface area (Å²) in [6.07, 6.45) is 1.14. The molecular weight excluding hydrogens is 194 g/mol. The topological polar surface area (TPSA) is 12.0 Å². The number of benzene rings is 1. The highest BCUT2D eigenvalue weighted by molar-refractivity contribution is 6.21. The summed E-state index contributed by atoms with van der Waals surface area (Å²) in [5.74, 6) is 0. The van der Waals surface area contributed by atoms with Crippen LogP contribution in [0.1, 0.15) is 31.2 Å². The Morgan fingerprint density at radius 2 is 1.93 bits per heavy atom. The van der Waals surface area contributed by atoms with Crippen LogP contribution in [0.5, 0.6) is 0 Å². The molecule has 0 aliphatic rings. The maximum Gasteiger partial charge on any atom is 0.0709 e. The van der Waals surface area contributed by atoms with Crippen molar-refractivity contribution < 1.29 is 0 Å². The molecule has 1 nitrogen and oxygen atoms in total. The number of nitrogens with one attached hydrogen (secondary N) is 1. The molecule has 1 N–H and O–H groups in total. The molecule has 1 aromatic carbocycles. The van der Waals surface area contributed by atoms with Crippen molar-refractivity contribution >= 4 is 11.6 Å². The van der Waals surface area contributed by atoms with Gasteiger partial charge >= 0.3 is 0 Å². The lowest BCUT2D eigenvalue weighted by molar-refractivity contribution is 0.532. The predicted octanol–water partition coefficient (Wildman–Crippen LogP) is 3.35. The van der Waals surface area contributed by atoms with Gasteiger partial charge in [-0.15, -0.1) is 11.6 Å². The molecule has 1 aromatic rings. The zero-order valence-corrected chi connectivity index (χ0v) is 9.59. The Morgan fingerprint density at radius 3 is 2.50 bits per heavy atom. The van der Waals surface area contributed by atoms with E-state index in [0.29, 0.717) is 6.04 Å². The van der Waals surface area contributed by atoms with Crippen LogP contribution >= 0.6 is 11.6 Å². The summed E-state index contributed by atoms with van der Waals surface area (Å²) in [6, 6.07) is 10.7. The zero-order valence-electron chi connectivity index (χ0n) is 8.83. The maximum atomic E-state index is 6.24. The highest BCUT2D eigenvalue weighted by Gasteiger charge is 2.07. The second kappa shape index (κ2) is 6.05. The molecule has 0 aromatic heterocycles. The summed E-state index contributed by atoms with van der Waals surface area (Å²) < 4.78 is 0. The summed E-state index contributed by atoms with van der Waals surface area (Å²) in [7, 11) is 0. The SMILES string of the molecule is CCC(C)NCC(Cl)c1ccccc1. The molecular formula is C12H18ClN. The number of alkyl halides is 1. The molecule has 2 unspecified atom stereocenters. The smallest absolute Gasteiger partial charge is 0.0709 e. The summed E-state index contributed by atoms with van der Waals surface area (Å²) in [5, 5.41) is 3.47. The Hall–Kier alpha value is -0.530. The number of halogens is 1. The van der Waals surface area contributed by atoms with E-state index in [1.165, 1.54) is 5.56 Å². The average molecular weight is 212 g/mol.